The van der Waals surface area contributed by atoms with Crippen molar-refractivity contribution < 1.29 is 12.8 Å². The third-order valence-corrected chi connectivity index (χ3v) is 6.00. The zero-order chi connectivity index (χ0) is 14.0. The zero-order valence-electron chi connectivity index (χ0n) is 10.1. The van der Waals surface area contributed by atoms with Gasteiger partial charge in [-0.2, -0.15) is 0 Å². The van der Waals surface area contributed by atoms with Crippen LogP contribution in [0.3, 0.4) is 0 Å². The average molecular weight is 371 g/mol. The largest absolute Gasteiger partial charge is 0.281 e. The van der Waals surface area contributed by atoms with Gasteiger partial charge >= 0.3 is 0 Å². The first-order valence-electron chi connectivity index (χ1n) is 6.06. The van der Waals surface area contributed by atoms with E-state index in [0.717, 1.165) is 25.3 Å². The maximum Gasteiger partial charge on any atom is 0.235 e. The number of anilines is 1. The van der Waals surface area contributed by atoms with Gasteiger partial charge in [0.15, 0.2) is 0 Å². The molecule has 106 valence electrons. The van der Waals surface area contributed by atoms with Crippen molar-refractivity contribution in [2.75, 3.05) is 4.72 Å². The summed E-state index contributed by atoms with van der Waals surface area (Å²) in [6.45, 7) is 0. The maximum absolute atomic E-state index is 13.1. The standard InChI is InChI=1S/C12H14BrClFNO2S/c13-10-6-8(15)7-11(14)12(10)16-19(17,18)9-4-2-1-3-5-9/h6-7,9,16H,1-5H2. The van der Waals surface area contributed by atoms with E-state index < -0.39 is 21.1 Å². The smallest absolute Gasteiger partial charge is 0.235 e. The molecule has 0 bridgehead atoms. The van der Waals surface area contributed by atoms with Gasteiger partial charge in [-0.1, -0.05) is 30.9 Å². The topological polar surface area (TPSA) is 46.2 Å². The number of sulfonamides is 1. The van der Waals surface area contributed by atoms with E-state index in [1.807, 2.05) is 0 Å². The molecule has 1 aromatic rings. The predicted molar refractivity (Wildman–Crippen MR) is 78.5 cm³/mol. The molecule has 1 saturated carbocycles. The van der Waals surface area contributed by atoms with Crippen molar-refractivity contribution in [1.82, 2.24) is 0 Å². The Balaban J connectivity index is 2.25. The SMILES string of the molecule is O=S(=O)(Nc1c(Cl)cc(F)cc1Br)C1CCCCC1. The minimum Gasteiger partial charge on any atom is -0.281 e. The van der Waals surface area contributed by atoms with Gasteiger partial charge in [0.1, 0.15) is 5.82 Å². The Kier molecular flexibility index (Phi) is 4.74. The molecule has 0 radical (unpaired) electrons. The van der Waals surface area contributed by atoms with Crippen LogP contribution in [0.2, 0.25) is 5.02 Å². The molecule has 19 heavy (non-hydrogen) atoms. The van der Waals surface area contributed by atoms with Gasteiger partial charge < -0.3 is 0 Å². The summed E-state index contributed by atoms with van der Waals surface area (Å²) in [5.74, 6) is -0.516. The summed E-state index contributed by atoms with van der Waals surface area (Å²) in [5, 5.41) is -0.347. The lowest BCUT2D eigenvalue weighted by Gasteiger charge is -2.23. The van der Waals surface area contributed by atoms with Gasteiger partial charge in [-0.25, -0.2) is 12.8 Å². The van der Waals surface area contributed by atoms with Crippen molar-refractivity contribution >= 4 is 43.2 Å². The molecular weight excluding hydrogens is 357 g/mol. The summed E-state index contributed by atoms with van der Waals surface area (Å²) < 4.78 is 40.4. The molecule has 1 aliphatic rings. The van der Waals surface area contributed by atoms with Crippen LogP contribution in [0.15, 0.2) is 16.6 Å². The summed E-state index contributed by atoms with van der Waals surface area (Å²) in [6, 6.07) is 2.27. The number of rotatable bonds is 3. The van der Waals surface area contributed by atoms with Gasteiger partial charge in [0.2, 0.25) is 10.0 Å². The van der Waals surface area contributed by atoms with Gasteiger partial charge in [0, 0.05) is 4.47 Å². The molecule has 0 saturated heterocycles. The fourth-order valence-corrected chi connectivity index (χ4v) is 4.95. The number of hydrogen-bond acceptors (Lipinski definition) is 2. The van der Waals surface area contributed by atoms with Crippen molar-refractivity contribution in [1.29, 1.82) is 0 Å². The van der Waals surface area contributed by atoms with Crippen LogP contribution in [0.25, 0.3) is 0 Å². The molecule has 0 aliphatic heterocycles. The maximum atomic E-state index is 13.1. The molecule has 1 N–H and O–H groups in total. The third-order valence-electron chi connectivity index (χ3n) is 3.24. The van der Waals surface area contributed by atoms with Gasteiger partial charge in [0.25, 0.3) is 0 Å². The minimum absolute atomic E-state index is 0.0475. The lowest BCUT2D eigenvalue weighted by atomic mass is 10.0. The van der Waals surface area contributed by atoms with Crippen LogP contribution in [-0.4, -0.2) is 13.7 Å². The first-order valence-corrected chi connectivity index (χ1v) is 8.78. The molecule has 0 heterocycles. The predicted octanol–water partition coefficient (Wildman–Crippen LogP) is 4.32. The van der Waals surface area contributed by atoms with E-state index in [0.29, 0.717) is 17.3 Å². The highest BCUT2D eigenvalue weighted by Gasteiger charge is 2.28. The summed E-state index contributed by atoms with van der Waals surface area (Å²) in [5.41, 5.74) is 0.202. The Labute approximate surface area is 125 Å². The number of hydrogen-bond donors (Lipinski definition) is 1. The van der Waals surface area contributed by atoms with Crippen LogP contribution in [0.5, 0.6) is 0 Å². The average Bonchev–Trinajstić information content (AvgIpc) is 2.35. The highest BCUT2D eigenvalue weighted by molar-refractivity contribution is 9.10. The summed E-state index contributed by atoms with van der Waals surface area (Å²) in [6.07, 6.45) is 4.23. The summed E-state index contributed by atoms with van der Waals surface area (Å²) in [7, 11) is -3.48. The van der Waals surface area contributed by atoms with Crippen molar-refractivity contribution in [3.63, 3.8) is 0 Å². The van der Waals surface area contributed by atoms with Gasteiger partial charge in [-0.05, 0) is 40.9 Å². The molecule has 7 heteroatoms. The van der Waals surface area contributed by atoms with Crippen LogP contribution in [0.1, 0.15) is 32.1 Å². The van der Waals surface area contributed by atoms with E-state index in [1.54, 1.807) is 0 Å². The van der Waals surface area contributed by atoms with Crippen molar-refractivity contribution in [3.05, 3.63) is 27.4 Å². The van der Waals surface area contributed by atoms with Crippen LogP contribution in [0.4, 0.5) is 10.1 Å². The number of benzene rings is 1. The molecule has 2 rings (SSSR count). The lowest BCUT2D eigenvalue weighted by Crippen LogP contribution is -2.30. The Morgan fingerprint density at radius 1 is 1.26 bits per heavy atom. The quantitative estimate of drug-likeness (QED) is 0.861. The van der Waals surface area contributed by atoms with Crippen molar-refractivity contribution in [3.8, 4) is 0 Å². The van der Waals surface area contributed by atoms with Crippen LogP contribution >= 0.6 is 27.5 Å². The molecule has 0 atom stereocenters. The molecule has 0 spiro atoms. The first-order chi connectivity index (χ1) is 8.90. The Bertz CT molecular complexity index is 550. The number of nitrogens with one attached hydrogen (secondary N) is 1. The third kappa shape index (κ3) is 3.61. The van der Waals surface area contributed by atoms with Gasteiger partial charge in [0.05, 0.1) is 16.0 Å². The molecule has 0 unspecified atom stereocenters. The van der Waals surface area contributed by atoms with Gasteiger partial charge in [-0.3, -0.25) is 4.72 Å². The van der Waals surface area contributed by atoms with E-state index >= 15 is 0 Å². The van der Waals surface area contributed by atoms with E-state index in [1.165, 1.54) is 6.07 Å². The van der Waals surface area contributed by atoms with Crippen LogP contribution < -0.4 is 4.72 Å². The zero-order valence-corrected chi connectivity index (χ0v) is 13.3. The fraction of sp³-hybridized carbons (Fsp3) is 0.500. The van der Waals surface area contributed by atoms with Crippen molar-refractivity contribution in [2.24, 2.45) is 0 Å². The summed E-state index contributed by atoms with van der Waals surface area (Å²) in [4.78, 5) is 0. The Morgan fingerprint density at radius 2 is 1.89 bits per heavy atom. The lowest BCUT2D eigenvalue weighted by molar-refractivity contribution is 0.486. The highest BCUT2D eigenvalue weighted by Crippen LogP contribution is 2.34. The monoisotopic (exact) mass is 369 g/mol. The molecular formula is C12H14BrClFNO2S. The number of halogens is 3. The normalized spacial score (nSPS) is 17.4. The Hall–Kier alpha value is -0.330. The van der Waals surface area contributed by atoms with E-state index in [-0.39, 0.29) is 10.7 Å². The fourth-order valence-electron chi connectivity index (χ4n) is 2.24. The molecule has 3 nitrogen and oxygen atoms in total. The molecule has 1 fully saturated rings. The first kappa shape index (κ1) is 15.1. The highest BCUT2D eigenvalue weighted by atomic mass is 79.9. The second-order valence-electron chi connectivity index (χ2n) is 4.65. The van der Waals surface area contributed by atoms with E-state index in [4.69, 9.17) is 11.6 Å². The second kappa shape index (κ2) is 5.97. The molecule has 0 aromatic heterocycles. The molecule has 1 aliphatic carbocycles. The Morgan fingerprint density at radius 3 is 2.47 bits per heavy atom. The second-order valence-corrected chi connectivity index (χ2v) is 7.87. The van der Waals surface area contributed by atoms with Crippen LogP contribution in [0, 0.1) is 5.82 Å². The minimum atomic E-state index is -3.48. The van der Waals surface area contributed by atoms with Gasteiger partial charge in [-0.15, -0.1) is 0 Å². The summed E-state index contributed by atoms with van der Waals surface area (Å²) >= 11 is 9.01. The van der Waals surface area contributed by atoms with Crippen molar-refractivity contribution in [2.45, 2.75) is 37.4 Å². The van der Waals surface area contributed by atoms with E-state index in [2.05, 4.69) is 20.7 Å². The van der Waals surface area contributed by atoms with E-state index in [9.17, 15) is 12.8 Å². The molecule has 0 amide bonds. The molecule has 1 aromatic carbocycles. The van der Waals surface area contributed by atoms with Crippen LogP contribution in [-0.2, 0) is 10.0 Å².